The minimum atomic E-state index is -0.480. The third-order valence-corrected chi connectivity index (χ3v) is 2.91. The fourth-order valence-electron chi connectivity index (χ4n) is 1.66. The summed E-state index contributed by atoms with van der Waals surface area (Å²) in [5, 5.41) is 12.7. The number of hydrogen-bond donors (Lipinski definition) is 2. The minimum absolute atomic E-state index is 0.194. The number of rotatable bonds is 4. The Morgan fingerprint density at radius 3 is 2.58 bits per heavy atom. The number of aromatic nitrogens is 1. The molecule has 19 heavy (non-hydrogen) atoms. The van der Waals surface area contributed by atoms with E-state index in [1.165, 1.54) is 0 Å². The van der Waals surface area contributed by atoms with Gasteiger partial charge in [0.25, 0.3) is 5.91 Å². The van der Waals surface area contributed by atoms with E-state index in [9.17, 15) is 9.90 Å². The summed E-state index contributed by atoms with van der Waals surface area (Å²) in [7, 11) is 0. The summed E-state index contributed by atoms with van der Waals surface area (Å²) in [6, 6.07) is 11.6. The second-order valence-electron chi connectivity index (χ2n) is 3.98. The van der Waals surface area contributed by atoms with E-state index in [1.54, 1.807) is 48.7 Å². The molecule has 1 amide bonds. The van der Waals surface area contributed by atoms with Gasteiger partial charge in [0.2, 0.25) is 0 Å². The SMILES string of the molecule is O=C(NC(CO)c1ccc(Cl)cc1)c1ccccn1. The van der Waals surface area contributed by atoms with Gasteiger partial charge in [0.05, 0.1) is 12.6 Å². The van der Waals surface area contributed by atoms with Gasteiger partial charge in [0, 0.05) is 11.2 Å². The van der Waals surface area contributed by atoms with Crippen molar-refractivity contribution in [1.29, 1.82) is 0 Å². The fourth-order valence-corrected chi connectivity index (χ4v) is 1.78. The van der Waals surface area contributed by atoms with Crippen LogP contribution >= 0.6 is 11.6 Å². The van der Waals surface area contributed by atoms with Crippen LogP contribution in [-0.4, -0.2) is 22.6 Å². The maximum absolute atomic E-state index is 11.9. The third-order valence-electron chi connectivity index (χ3n) is 2.66. The zero-order valence-electron chi connectivity index (χ0n) is 10.1. The molecule has 2 rings (SSSR count). The molecule has 1 aromatic heterocycles. The first-order valence-corrected chi connectivity index (χ1v) is 6.16. The Kier molecular flexibility index (Phi) is 4.49. The number of nitrogens with one attached hydrogen (secondary N) is 1. The highest BCUT2D eigenvalue weighted by molar-refractivity contribution is 6.30. The van der Waals surface area contributed by atoms with Crippen molar-refractivity contribution in [3.05, 3.63) is 64.9 Å². The molecule has 0 fully saturated rings. The molecular formula is C14H13ClN2O2. The first kappa shape index (κ1) is 13.5. The van der Waals surface area contributed by atoms with Crippen LogP contribution in [0.15, 0.2) is 48.7 Å². The topological polar surface area (TPSA) is 62.2 Å². The Balaban J connectivity index is 2.11. The number of nitrogens with zero attached hydrogens (tertiary/aromatic N) is 1. The van der Waals surface area contributed by atoms with E-state index in [-0.39, 0.29) is 12.5 Å². The molecule has 4 nitrogen and oxygen atoms in total. The molecule has 1 aromatic carbocycles. The Morgan fingerprint density at radius 1 is 1.26 bits per heavy atom. The van der Waals surface area contributed by atoms with E-state index in [2.05, 4.69) is 10.3 Å². The normalized spacial score (nSPS) is 11.9. The molecule has 2 N–H and O–H groups in total. The van der Waals surface area contributed by atoms with Gasteiger partial charge in [-0.15, -0.1) is 0 Å². The maximum atomic E-state index is 11.9. The van der Waals surface area contributed by atoms with Crippen LogP contribution in [0, 0.1) is 0 Å². The lowest BCUT2D eigenvalue weighted by atomic mass is 10.1. The largest absolute Gasteiger partial charge is 0.394 e. The molecule has 98 valence electrons. The van der Waals surface area contributed by atoms with Crippen LogP contribution in [-0.2, 0) is 0 Å². The van der Waals surface area contributed by atoms with Crippen molar-refractivity contribution < 1.29 is 9.90 Å². The number of benzene rings is 1. The summed E-state index contributed by atoms with van der Waals surface area (Å²) in [5.74, 6) is -0.324. The monoisotopic (exact) mass is 276 g/mol. The van der Waals surface area contributed by atoms with Crippen molar-refractivity contribution in [3.8, 4) is 0 Å². The predicted molar refractivity (Wildman–Crippen MR) is 73.0 cm³/mol. The van der Waals surface area contributed by atoms with E-state index in [0.717, 1.165) is 5.56 Å². The number of carbonyl (C=O) groups excluding carboxylic acids is 1. The Labute approximate surface area is 116 Å². The van der Waals surface area contributed by atoms with Crippen LogP contribution < -0.4 is 5.32 Å². The van der Waals surface area contributed by atoms with Crippen LogP contribution in [0.3, 0.4) is 0 Å². The van der Waals surface area contributed by atoms with Crippen molar-refractivity contribution in [2.75, 3.05) is 6.61 Å². The van der Waals surface area contributed by atoms with Gasteiger partial charge >= 0.3 is 0 Å². The van der Waals surface area contributed by atoms with Crippen LogP contribution in [0.25, 0.3) is 0 Å². The Bertz CT molecular complexity index is 543. The van der Waals surface area contributed by atoms with Gasteiger partial charge in [-0.1, -0.05) is 29.8 Å². The first-order valence-electron chi connectivity index (χ1n) is 5.79. The number of halogens is 1. The van der Waals surface area contributed by atoms with Crippen molar-refractivity contribution in [2.45, 2.75) is 6.04 Å². The molecule has 0 aliphatic rings. The first-order chi connectivity index (χ1) is 9.20. The molecule has 0 spiro atoms. The van der Waals surface area contributed by atoms with Crippen molar-refractivity contribution in [2.24, 2.45) is 0 Å². The van der Waals surface area contributed by atoms with Crippen LogP contribution in [0.2, 0.25) is 5.02 Å². The second-order valence-corrected chi connectivity index (χ2v) is 4.41. The smallest absolute Gasteiger partial charge is 0.270 e. The molecule has 2 aromatic rings. The number of hydrogen-bond acceptors (Lipinski definition) is 3. The predicted octanol–water partition coefficient (Wildman–Crippen LogP) is 2.20. The minimum Gasteiger partial charge on any atom is -0.394 e. The number of pyridine rings is 1. The van der Waals surface area contributed by atoms with Gasteiger partial charge in [-0.2, -0.15) is 0 Å². The highest BCUT2D eigenvalue weighted by atomic mass is 35.5. The van der Waals surface area contributed by atoms with E-state index in [0.29, 0.717) is 10.7 Å². The molecular weight excluding hydrogens is 264 g/mol. The van der Waals surface area contributed by atoms with Crippen LogP contribution in [0.5, 0.6) is 0 Å². The molecule has 0 aliphatic carbocycles. The highest BCUT2D eigenvalue weighted by Gasteiger charge is 2.15. The summed E-state index contributed by atoms with van der Waals surface area (Å²) >= 11 is 5.80. The zero-order valence-corrected chi connectivity index (χ0v) is 10.8. The van der Waals surface area contributed by atoms with Gasteiger partial charge in [-0.3, -0.25) is 9.78 Å². The van der Waals surface area contributed by atoms with Crippen molar-refractivity contribution in [3.63, 3.8) is 0 Å². The molecule has 0 saturated heterocycles. The molecule has 0 saturated carbocycles. The molecule has 0 radical (unpaired) electrons. The van der Waals surface area contributed by atoms with Gasteiger partial charge in [-0.05, 0) is 29.8 Å². The summed E-state index contributed by atoms with van der Waals surface area (Å²) in [6.45, 7) is -0.194. The average Bonchev–Trinajstić information content (AvgIpc) is 2.46. The highest BCUT2D eigenvalue weighted by Crippen LogP contribution is 2.16. The molecule has 1 heterocycles. The lowest BCUT2D eigenvalue weighted by Gasteiger charge is -2.16. The molecule has 0 aliphatic heterocycles. The summed E-state index contributed by atoms with van der Waals surface area (Å²) in [5.41, 5.74) is 1.10. The van der Waals surface area contributed by atoms with Gasteiger partial charge in [0.15, 0.2) is 0 Å². The van der Waals surface area contributed by atoms with E-state index in [1.807, 2.05) is 0 Å². The standard InChI is InChI=1S/C14H13ClN2O2/c15-11-6-4-10(5-7-11)13(9-18)17-14(19)12-3-1-2-8-16-12/h1-8,13,18H,9H2,(H,17,19). The van der Waals surface area contributed by atoms with E-state index >= 15 is 0 Å². The summed E-state index contributed by atoms with van der Waals surface area (Å²) < 4.78 is 0. The van der Waals surface area contributed by atoms with Gasteiger partial charge in [-0.25, -0.2) is 0 Å². The summed E-state index contributed by atoms with van der Waals surface area (Å²) in [4.78, 5) is 15.9. The lowest BCUT2D eigenvalue weighted by molar-refractivity contribution is 0.0911. The molecule has 5 heteroatoms. The Hall–Kier alpha value is -1.91. The van der Waals surface area contributed by atoms with Crippen LogP contribution in [0.4, 0.5) is 0 Å². The van der Waals surface area contributed by atoms with Crippen LogP contribution in [0.1, 0.15) is 22.1 Å². The van der Waals surface area contributed by atoms with Gasteiger partial charge < -0.3 is 10.4 Å². The van der Waals surface area contributed by atoms with Gasteiger partial charge in [0.1, 0.15) is 5.69 Å². The number of carbonyl (C=O) groups is 1. The third kappa shape index (κ3) is 3.53. The quantitative estimate of drug-likeness (QED) is 0.900. The second kappa shape index (κ2) is 6.31. The zero-order chi connectivity index (χ0) is 13.7. The molecule has 1 atom stereocenters. The fraction of sp³-hybridized carbons (Fsp3) is 0.143. The average molecular weight is 277 g/mol. The Morgan fingerprint density at radius 2 is 2.00 bits per heavy atom. The number of aliphatic hydroxyl groups excluding tert-OH is 1. The van der Waals surface area contributed by atoms with Crippen molar-refractivity contribution in [1.82, 2.24) is 10.3 Å². The lowest BCUT2D eigenvalue weighted by Crippen LogP contribution is -2.31. The molecule has 0 bridgehead atoms. The van der Waals surface area contributed by atoms with Crippen molar-refractivity contribution >= 4 is 17.5 Å². The van der Waals surface area contributed by atoms with E-state index in [4.69, 9.17) is 11.6 Å². The molecule has 1 unspecified atom stereocenters. The number of aliphatic hydroxyl groups is 1. The summed E-state index contributed by atoms with van der Waals surface area (Å²) in [6.07, 6.45) is 1.55. The number of amides is 1. The maximum Gasteiger partial charge on any atom is 0.270 e. The van der Waals surface area contributed by atoms with E-state index < -0.39 is 6.04 Å².